The number of nitrogens with one attached hydrogen (secondary N) is 3. The molecule has 1 aliphatic rings. The highest BCUT2D eigenvalue weighted by Crippen LogP contribution is 2.17. The first-order chi connectivity index (χ1) is 8.72. The first kappa shape index (κ1) is 12.6. The molecule has 1 unspecified atom stereocenters. The van der Waals surface area contributed by atoms with E-state index in [0.717, 1.165) is 13.0 Å². The predicted octanol–water partition coefficient (Wildman–Crippen LogP) is 0.737. The summed E-state index contributed by atoms with van der Waals surface area (Å²) in [7, 11) is 0. The Morgan fingerprint density at radius 2 is 2.06 bits per heavy atom. The third-order valence-electron chi connectivity index (χ3n) is 2.83. The summed E-state index contributed by atoms with van der Waals surface area (Å²) in [5.41, 5.74) is 1.07. The van der Waals surface area contributed by atoms with Crippen molar-refractivity contribution in [2.45, 2.75) is 19.4 Å². The molecule has 1 aliphatic heterocycles. The molecule has 96 valence electrons. The predicted molar refractivity (Wildman–Crippen MR) is 69.5 cm³/mol. The smallest absolute Gasteiger partial charge is 0.254 e. The number of amides is 2. The summed E-state index contributed by atoms with van der Waals surface area (Å²) in [5.74, 6) is -0.399. The van der Waals surface area contributed by atoms with Gasteiger partial charge < -0.3 is 16.0 Å². The van der Waals surface area contributed by atoms with Crippen molar-refractivity contribution >= 4 is 17.5 Å². The summed E-state index contributed by atoms with van der Waals surface area (Å²) in [6.07, 6.45) is 0.989. The Balaban J connectivity index is 2.12. The highest BCUT2D eigenvalue weighted by atomic mass is 16.2. The molecule has 18 heavy (non-hydrogen) atoms. The van der Waals surface area contributed by atoms with Crippen molar-refractivity contribution in [1.29, 1.82) is 0 Å². The third-order valence-corrected chi connectivity index (χ3v) is 2.83. The maximum atomic E-state index is 12.0. The molecule has 5 heteroatoms. The van der Waals surface area contributed by atoms with Crippen LogP contribution in [0, 0.1) is 0 Å². The summed E-state index contributed by atoms with van der Waals surface area (Å²) in [6, 6.07) is 6.47. The van der Waals surface area contributed by atoms with Crippen molar-refractivity contribution in [2.24, 2.45) is 0 Å². The molecule has 2 amide bonds. The van der Waals surface area contributed by atoms with E-state index in [-0.39, 0.29) is 11.8 Å². The summed E-state index contributed by atoms with van der Waals surface area (Å²) in [5, 5.41) is 8.63. The van der Waals surface area contributed by atoms with Gasteiger partial charge >= 0.3 is 0 Å². The van der Waals surface area contributed by atoms with Gasteiger partial charge in [-0.25, -0.2) is 0 Å². The number of carbonyl (C=O) groups is 2. The van der Waals surface area contributed by atoms with E-state index in [1.807, 2.05) is 0 Å². The van der Waals surface area contributed by atoms with E-state index in [1.54, 1.807) is 24.3 Å². The monoisotopic (exact) mass is 247 g/mol. The van der Waals surface area contributed by atoms with Crippen LogP contribution in [0.2, 0.25) is 0 Å². The molecule has 1 heterocycles. The van der Waals surface area contributed by atoms with Crippen LogP contribution in [0.15, 0.2) is 24.3 Å². The summed E-state index contributed by atoms with van der Waals surface area (Å²) in [6.45, 7) is 3.32. The van der Waals surface area contributed by atoms with Gasteiger partial charge in [0.25, 0.3) is 5.91 Å². The number of rotatable bonds is 4. The van der Waals surface area contributed by atoms with Gasteiger partial charge in [-0.2, -0.15) is 0 Å². The van der Waals surface area contributed by atoms with E-state index in [2.05, 4.69) is 22.9 Å². The number of para-hydroxylation sites is 1. The van der Waals surface area contributed by atoms with E-state index < -0.39 is 6.04 Å². The van der Waals surface area contributed by atoms with Crippen LogP contribution in [0.4, 0.5) is 5.69 Å². The van der Waals surface area contributed by atoms with Crippen LogP contribution in [0.3, 0.4) is 0 Å². The lowest BCUT2D eigenvalue weighted by Gasteiger charge is -2.14. The Labute approximate surface area is 106 Å². The first-order valence-corrected chi connectivity index (χ1v) is 6.14. The van der Waals surface area contributed by atoms with Gasteiger partial charge in [0.1, 0.15) is 6.04 Å². The van der Waals surface area contributed by atoms with Gasteiger partial charge in [0, 0.05) is 6.54 Å². The number of benzene rings is 1. The second-order valence-electron chi connectivity index (χ2n) is 4.27. The standard InChI is InChI=1S/C13H17N3O2/c1-2-7-14-8-11-13(18)15-10-6-4-3-5-9(10)12(17)16-11/h3-6,11,14H,2,7-8H2,1H3,(H,15,18)(H,16,17). The van der Waals surface area contributed by atoms with Crippen molar-refractivity contribution in [3.63, 3.8) is 0 Å². The molecule has 0 spiro atoms. The van der Waals surface area contributed by atoms with Crippen LogP contribution in [0.25, 0.3) is 0 Å². The highest BCUT2D eigenvalue weighted by molar-refractivity contribution is 6.09. The third kappa shape index (κ3) is 2.68. The maximum Gasteiger partial charge on any atom is 0.254 e. The number of hydrogen-bond donors (Lipinski definition) is 3. The molecule has 2 rings (SSSR count). The molecule has 0 radical (unpaired) electrons. The Kier molecular flexibility index (Phi) is 3.94. The largest absolute Gasteiger partial charge is 0.339 e. The van der Waals surface area contributed by atoms with Crippen molar-refractivity contribution in [2.75, 3.05) is 18.4 Å². The van der Waals surface area contributed by atoms with Crippen LogP contribution < -0.4 is 16.0 Å². The molecular weight excluding hydrogens is 230 g/mol. The number of hydrogen-bond acceptors (Lipinski definition) is 3. The van der Waals surface area contributed by atoms with Crippen LogP contribution >= 0.6 is 0 Å². The van der Waals surface area contributed by atoms with Crippen molar-refractivity contribution in [3.05, 3.63) is 29.8 Å². The van der Waals surface area contributed by atoms with E-state index in [0.29, 0.717) is 17.8 Å². The fourth-order valence-electron chi connectivity index (χ4n) is 1.88. The second kappa shape index (κ2) is 5.64. The molecule has 3 N–H and O–H groups in total. The molecule has 0 bridgehead atoms. The molecule has 1 aromatic carbocycles. The first-order valence-electron chi connectivity index (χ1n) is 6.14. The molecule has 0 aromatic heterocycles. The lowest BCUT2D eigenvalue weighted by Crippen LogP contribution is -2.47. The maximum absolute atomic E-state index is 12.0. The van der Waals surface area contributed by atoms with Crippen molar-refractivity contribution in [3.8, 4) is 0 Å². The zero-order valence-electron chi connectivity index (χ0n) is 10.3. The second-order valence-corrected chi connectivity index (χ2v) is 4.27. The van der Waals surface area contributed by atoms with Gasteiger partial charge in [0.05, 0.1) is 11.3 Å². The van der Waals surface area contributed by atoms with Gasteiger partial charge in [-0.3, -0.25) is 9.59 Å². The van der Waals surface area contributed by atoms with Gasteiger partial charge in [-0.15, -0.1) is 0 Å². The number of carbonyl (C=O) groups excluding carboxylic acids is 2. The van der Waals surface area contributed by atoms with E-state index >= 15 is 0 Å². The lowest BCUT2D eigenvalue weighted by atomic mass is 10.1. The van der Waals surface area contributed by atoms with Crippen LogP contribution in [-0.2, 0) is 4.79 Å². The minimum Gasteiger partial charge on any atom is -0.339 e. The lowest BCUT2D eigenvalue weighted by molar-refractivity contribution is -0.117. The zero-order valence-corrected chi connectivity index (χ0v) is 10.3. The van der Waals surface area contributed by atoms with E-state index in [1.165, 1.54) is 0 Å². The Hall–Kier alpha value is -1.88. The summed E-state index contributed by atoms with van der Waals surface area (Å²) >= 11 is 0. The van der Waals surface area contributed by atoms with Crippen molar-refractivity contribution < 1.29 is 9.59 Å². The molecule has 0 saturated carbocycles. The average molecular weight is 247 g/mol. The molecule has 0 aliphatic carbocycles. The Morgan fingerprint density at radius 3 is 2.83 bits per heavy atom. The normalized spacial score (nSPS) is 18.6. The Bertz CT molecular complexity index is 459. The van der Waals surface area contributed by atoms with Crippen molar-refractivity contribution in [1.82, 2.24) is 10.6 Å². The van der Waals surface area contributed by atoms with Gasteiger partial charge in [0.2, 0.25) is 5.91 Å². The van der Waals surface area contributed by atoms with E-state index in [4.69, 9.17) is 0 Å². The Morgan fingerprint density at radius 1 is 1.28 bits per heavy atom. The van der Waals surface area contributed by atoms with Gasteiger partial charge in [-0.1, -0.05) is 19.1 Å². The summed E-state index contributed by atoms with van der Waals surface area (Å²) < 4.78 is 0. The zero-order chi connectivity index (χ0) is 13.0. The quantitative estimate of drug-likeness (QED) is 0.687. The van der Waals surface area contributed by atoms with E-state index in [9.17, 15) is 9.59 Å². The topological polar surface area (TPSA) is 70.2 Å². The fraction of sp³-hybridized carbons (Fsp3) is 0.385. The molecular formula is C13H17N3O2. The van der Waals surface area contributed by atoms with Crippen LogP contribution in [-0.4, -0.2) is 30.9 Å². The minimum absolute atomic E-state index is 0.183. The molecule has 0 fully saturated rings. The highest BCUT2D eigenvalue weighted by Gasteiger charge is 2.26. The number of fused-ring (bicyclic) bond motifs is 1. The fourth-order valence-corrected chi connectivity index (χ4v) is 1.88. The van der Waals surface area contributed by atoms with Crippen LogP contribution in [0.5, 0.6) is 0 Å². The van der Waals surface area contributed by atoms with Gasteiger partial charge in [0.15, 0.2) is 0 Å². The number of anilines is 1. The van der Waals surface area contributed by atoms with Crippen LogP contribution in [0.1, 0.15) is 23.7 Å². The molecule has 1 atom stereocenters. The molecule has 5 nitrogen and oxygen atoms in total. The SMILES string of the molecule is CCCNCC1NC(=O)c2ccccc2NC1=O. The summed E-state index contributed by atoms with van der Waals surface area (Å²) in [4.78, 5) is 23.9. The average Bonchev–Trinajstić information content (AvgIpc) is 2.48. The molecule has 0 saturated heterocycles. The molecule has 1 aromatic rings. The van der Waals surface area contributed by atoms with Gasteiger partial charge in [-0.05, 0) is 25.1 Å². The minimum atomic E-state index is -0.531.